The quantitative estimate of drug-likeness (QED) is 0.496. The summed E-state index contributed by atoms with van der Waals surface area (Å²) in [5.41, 5.74) is -1.23. The van der Waals surface area contributed by atoms with E-state index in [0.29, 0.717) is 6.42 Å². The molecule has 0 saturated heterocycles. The zero-order valence-electron chi connectivity index (χ0n) is 10.6. The molecule has 0 unspecified atom stereocenters. The number of hydrogen-bond acceptors (Lipinski definition) is 4. The Morgan fingerprint density at radius 2 is 1.83 bits per heavy atom. The first-order valence-corrected chi connectivity index (χ1v) is 6.70. The lowest BCUT2D eigenvalue weighted by Gasteiger charge is -2.19. The molecule has 3 N–H and O–H groups in total. The van der Waals surface area contributed by atoms with Crippen LogP contribution < -0.4 is 5.32 Å². The van der Waals surface area contributed by atoms with Gasteiger partial charge in [0, 0.05) is 0 Å². The number of rotatable bonds is 5. The van der Waals surface area contributed by atoms with E-state index in [1.54, 1.807) is 6.92 Å². The Morgan fingerprint density at radius 3 is 2.00 bits per heavy atom. The average molecular weight is 281 g/mol. The molecule has 106 valence electrons. The van der Waals surface area contributed by atoms with Crippen LogP contribution in [0.4, 0.5) is 0 Å². The predicted molar refractivity (Wildman–Crippen MR) is 66.8 cm³/mol. The average Bonchev–Trinajstić information content (AvgIpc) is 2.15. The summed E-state index contributed by atoms with van der Waals surface area (Å²) in [5.74, 6) is -1.70. The van der Waals surface area contributed by atoms with E-state index in [1.807, 2.05) is 0 Å². The Hall–Kier alpha value is -1.41. The SMILES string of the molecule is C=CC(=O)NC(C)(C)C(=O)O.CCCS(=O)(=O)O. The van der Waals surface area contributed by atoms with Gasteiger partial charge in [0.1, 0.15) is 5.54 Å². The fourth-order valence-electron chi connectivity index (χ4n) is 0.670. The topological polar surface area (TPSA) is 121 Å². The molecule has 0 rings (SSSR count). The Bertz CT molecular complexity index is 399. The third-order valence-corrected chi connectivity index (χ3v) is 2.54. The Kier molecular flexibility index (Phi) is 8.24. The second-order valence-corrected chi connectivity index (χ2v) is 5.48. The Morgan fingerprint density at radius 1 is 1.39 bits per heavy atom. The molecule has 1 amide bonds. The number of carboxylic acids is 1. The van der Waals surface area contributed by atoms with Gasteiger partial charge in [-0.25, -0.2) is 4.79 Å². The van der Waals surface area contributed by atoms with Crippen LogP contribution in [0, 0.1) is 0 Å². The first-order valence-electron chi connectivity index (χ1n) is 5.09. The number of hydrogen-bond donors (Lipinski definition) is 3. The van der Waals surface area contributed by atoms with E-state index >= 15 is 0 Å². The summed E-state index contributed by atoms with van der Waals surface area (Å²) in [6, 6.07) is 0. The molecule has 0 aromatic carbocycles. The molecular formula is C10H19NO6S. The first kappa shape index (κ1) is 18.9. The molecule has 0 saturated carbocycles. The van der Waals surface area contributed by atoms with Crippen LogP contribution in [0.3, 0.4) is 0 Å². The molecule has 7 nitrogen and oxygen atoms in total. The highest BCUT2D eigenvalue weighted by Crippen LogP contribution is 2.00. The van der Waals surface area contributed by atoms with Gasteiger partial charge in [-0.3, -0.25) is 9.35 Å². The normalized spacial score (nSPS) is 10.9. The highest BCUT2D eigenvalue weighted by Gasteiger charge is 2.27. The Labute approximate surface area is 107 Å². The van der Waals surface area contributed by atoms with Gasteiger partial charge in [-0.05, 0) is 26.3 Å². The lowest BCUT2D eigenvalue weighted by molar-refractivity contribution is -0.145. The molecule has 0 aromatic heterocycles. The van der Waals surface area contributed by atoms with Crippen LogP contribution in [-0.2, 0) is 19.7 Å². The van der Waals surface area contributed by atoms with E-state index < -0.39 is 27.5 Å². The molecule has 0 aliphatic carbocycles. The minimum atomic E-state index is -3.67. The van der Waals surface area contributed by atoms with Crippen LogP contribution in [0.5, 0.6) is 0 Å². The van der Waals surface area contributed by atoms with Crippen molar-refractivity contribution in [3.8, 4) is 0 Å². The summed E-state index contributed by atoms with van der Waals surface area (Å²) in [4.78, 5) is 21.1. The Balaban J connectivity index is 0. The monoisotopic (exact) mass is 281 g/mol. The summed E-state index contributed by atoms with van der Waals surface area (Å²) in [6.07, 6.45) is 1.50. The predicted octanol–water partition coefficient (Wildman–Crippen LogP) is 0.436. The molecule has 0 spiro atoms. The number of amides is 1. The van der Waals surface area contributed by atoms with Crippen molar-refractivity contribution in [2.45, 2.75) is 32.7 Å². The van der Waals surface area contributed by atoms with Crippen molar-refractivity contribution in [3.05, 3.63) is 12.7 Å². The maximum Gasteiger partial charge on any atom is 0.328 e. The largest absolute Gasteiger partial charge is 0.480 e. The summed E-state index contributed by atoms with van der Waals surface area (Å²) >= 11 is 0. The number of carbonyl (C=O) groups excluding carboxylic acids is 1. The van der Waals surface area contributed by atoms with Crippen LogP contribution in [0.2, 0.25) is 0 Å². The van der Waals surface area contributed by atoms with Gasteiger partial charge in [-0.1, -0.05) is 13.5 Å². The van der Waals surface area contributed by atoms with E-state index in [4.69, 9.17) is 9.66 Å². The number of aliphatic carboxylic acids is 1. The molecule has 0 bridgehead atoms. The molecule has 0 aliphatic heterocycles. The smallest absolute Gasteiger partial charge is 0.328 e. The van der Waals surface area contributed by atoms with Gasteiger partial charge in [-0.2, -0.15) is 8.42 Å². The van der Waals surface area contributed by atoms with Gasteiger partial charge in [0.05, 0.1) is 5.75 Å². The van der Waals surface area contributed by atoms with Crippen molar-refractivity contribution >= 4 is 22.0 Å². The van der Waals surface area contributed by atoms with Crippen LogP contribution in [0.1, 0.15) is 27.2 Å². The standard InChI is InChI=1S/C7H11NO3.C3H8O3S/c1-4-5(9)8-7(2,3)6(10)11;1-2-3-7(4,5)6/h4H,1H2,2-3H3,(H,8,9)(H,10,11);2-3H2,1H3,(H,4,5,6). The minimum absolute atomic E-state index is 0.132. The molecule has 0 heterocycles. The van der Waals surface area contributed by atoms with Crippen molar-refractivity contribution in [3.63, 3.8) is 0 Å². The van der Waals surface area contributed by atoms with Gasteiger partial charge in [-0.15, -0.1) is 0 Å². The first-order chi connectivity index (χ1) is 7.96. The van der Waals surface area contributed by atoms with Crippen LogP contribution in [0.25, 0.3) is 0 Å². The van der Waals surface area contributed by atoms with Crippen molar-refractivity contribution in [1.82, 2.24) is 5.32 Å². The molecule has 18 heavy (non-hydrogen) atoms. The lowest BCUT2D eigenvalue weighted by Crippen LogP contribution is -2.49. The molecule has 0 fully saturated rings. The number of nitrogens with one attached hydrogen (secondary N) is 1. The highest BCUT2D eigenvalue weighted by atomic mass is 32.2. The zero-order chi connectivity index (χ0) is 15.0. The number of carboxylic acid groups (broad SMARTS) is 1. The van der Waals surface area contributed by atoms with Crippen molar-refractivity contribution in [2.75, 3.05) is 5.75 Å². The molecular weight excluding hydrogens is 262 g/mol. The van der Waals surface area contributed by atoms with Crippen LogP contribution in [0.15, 0.2) is 12.7 Å². The van der Waals surface area contributed by atoms with E-state index in [2.05, 4.69) is 11.9 Å². The highest BCUT2D eigenvalue weighted by molar-refractivity contribution is 7.85. The molecule has 8 heteroatoms. The van der Waals surface area contributed by atoms with Gasteiger partial charge in [0.15, 0.2) is 0 Å². The second-order valence-electron chi connectivity index (χ2n) is 3.91. The minimum Gasteiger partial charge on any atom is -0.480 e. The summed E-state index contributed by atoms with van der Waals surface area (Å²) in [6.45, 7) is 7.69. The van der Waals surface area contributed by atoms with E-state index in [0.717, 1.165) is 6.08 Å². The summed E-state index contributed by atoms with van der Waals surface area (Å²) in [7, 11) is -3.67. The molecule has 0 aliphatic rings. The third-order valence-electron chi connectivity index (χ3n) is 1.62. The fraction of sp³-hybridized carbons (Fsp3) is 0.600. The van der Waals surface area contributed by atoms with Crippen LogP contribution >= 0.6 is 0 Å². The molecule has 0 aromatic rings. The maximum absolute atomic E-state index is 10.6. The summed E-state index contributed by atoms with van der Waals surface area (Å²) in [5, 5.41) is 10.8. The van der Waals surface area contributed by atoms with Gasteiger partial charge >= 0.3 is 5.97 Å². The van der Waals surface area contributed by atoms with E-state index in [1.165, 1.54) is 13.8 Å². The zero-order valence-corrected chi connectivity index (χ0v) is 11.5. The van der Waals surface area contributed by atoms with Crippen LogP contribution in [-0.4, -0.2) is 41.2 Å². The summed E-state index contributed by atoms with van der Waals surface area (Å²) < 4.78 is 27.6. The van der Waals surface area contributed by atoms with Gasteiger partial charge in [0.25, 0.3) is 10.1 Å². The van der Waals surface area contributed by atoms with Crippen molar-refractivity contribution in [1.29, 1.82) is 0 Å². The van der Waals surface area contributed by atoms with E-state index in [-0.39, 0.29) is 5.75 Å². The fourth-order valence-corrected chi connectivity index (χ4v) is 1.19. The molecule has 0 radical (unpaired) electrons. The van der Waals surface area contributed by atoms with Crippen molar-refractivity contribution < 1.29 is 27.7 Å². The maximum atomic E-state index is 10.6. The number of carbonyl (C=O) groups is 2. The van der Waals surface area contributed by atoms with Gasteiger partial charge < -0.3 is 10.4 Å². The van der Waals surface area contributed by atoms with Crippen molar-refractivity contribution in [2.24, 2.45) is 0 Å². The van der Waals surface area contributed by atoms with E-state index in [9.17, 15) is 18.0 Å². The molecule has 0 atom stereocenters. The van der Waals surface area contributed by atoms with Gasteiger partial charge in [0.2, 0.25) is 5.91 Å². The lowest BCUT2D eigenvalue weighted by atomic mass is 10.1. The second kappa shape index (κ2) is 7.83. The third kappa shape index (κ3) is 11.1.